The van der Waals surface area contributed by atoms with Crippen LogP contribution < -0.4 is 16.6 Å². The molecule has 1 aromatic carbocycles. The van der Waals surface area contributed by atoms with E-state index in [2.05, 4.69) is 27.0 Å². The Morgan fingerprint density at radius 1 is 1.24 bits per heavy atom. The molecule has 0 radical (unpaired) electrons. The van der Waals surface area contributed by atoms with Crippen LogP contribution >= 0.6 is 11.8 Å². The molecule has 0 spiro atoms. The van der Waals surface area contributed by atoms with Crippen LogP contribution in [0.4, 0.5) is 11.8 Å². The van der Waals surface area contributed by atoms with Crippen molar-refractivity contribution in [1.82, 2.24) is 9.97 Å². The Labute approximate surface area is 129 Å². The predicted molar refractivity (Wildman–Crippen MR) is 90.6 cm³/mol. The second-order valence-corrected chi connectivity index (χ2v) is 6.78. The summed E-state index contributed by atoms with van der Waals surface area (Å²) in [6.07, 6.45) is 7.39. The van der Waals surface area contributed by atoms with Crippen LogP contribution in [0.2, 0.25) is 0 Å². The zero-order chi connectivity index (χ0) is 14.7. The van der Waals surface area contributed by atoms with Gasteiger partial charge in [-0.25, -0.2) is 10.8 Å². The Kier molecular flexibility index (Phi) is 4.17. The van der Waals surface area contributed by atoms with Gasteiger partial charge in [0.25, 0.3) is 0 Å². The molecule has 112 valence electrons. The molecule has 3 rings (SSSR count). The Balaban J connectivity index is 1.89. The summed E-state index contributed by atoms with van der Waals surface area (Å²) >= 11 is 1.97. The van der Waals surface area contributed by atoms with Crippen molar-refractivity contribution in [3.05, 3.63) is 24.3 Å². The van der Waals surface area contributed by atoms with Crippen molar-refractivity contribution in [2.45, 2.75) is 30.4 Å². The highest BCUT2D eigenvalue weighted by Gasteiger charge is 2.32. The van der Waals surface area contributed by atoms with E-state index in [4.69, 9.17) is 5.84 Å². The number of nitrogens with one attached hydrogen (secondary N) is 2. The Morgan fingerprint density at radius 2 is 2.00 bits per heavy atom. The third kappa shape index (κ3) is 2.91. The smallest absolute Gasteiger partial charge is 0.239 e. The SMILES string of the molecule is CSC1(CNc2nc(NN)nc3ccccc23)CCCC1. The number of fused-ring (bicyclic) bond motifs is 1. The average Bonchev–Trinajstić information content (AvgIpc) is 3.02. The molecule has 0 saturated heterocycles. The van der Waals surface area contributed by atoms with Gasteiger partial charge in [-0.05, 0) is 31.2 Å². The monoisotopic (exact) mass is 303 g/mol. The topological polar surface area (TPSA) is 75.9 Å². The van der Waals surface area contributed by atoms with Crippen LogP contribution in [0.5, 0.6) is 0 Å². The highest BCUT2D eigenvalue weighted by atomic mass is 32.2. The van der Waals surface area contributed by atoms with Gasteiger partial charge in [0, 0.05) is 16.7 Å². The second-order valence-electron chi connectivity index (χ2n) is 5.51. The summed E-state index contributed by atoms with van der Waals surface area (Å²) in [5, 5.41) is 4.56. The van der Waals surface area contributed by atoms with Gasteiger partial charge in [-0.3, -0.25) is 5.43 Å². The van der Waals surface area contributed by atoms with Gasteiger partial charge in [0.1, 0.15) is 5.82 Å². The Morgan fingerprint density at radius 3 is 2.71 bits per heavy atom. The number of benzene rings is 1. The van der Waals surface area contributed by atoms with Crippen LogP contribution in [0.3, 0.4) is 0 Å². The molecule has 1 aliphatic carbocycles. The minimum Gasteiger partial charge on any atom is -0.368 e. The molecule has 0 unspecified atom stereocenters. The molecule has 1 saturated carbocycles. The number of hydrogen-bond acceptors (Lipinski definition) is 6. The van der Waals surface area contributed by atoms with Crippen molar-refractivity contribution in [1.29, 1.82) is 0 Å². The number of thioether (sulfide) groups is 1. The normalized spacial score (nSPS) is 17.0. The van der Waals surface area contributed by atoms with E-state index in [1.165, 1.54) is 25.7 Å². The van der Waals surface area contributed by atoms with Crippen LogP contribution in [0.25, 0.3) is 10.9 Å². The van der Waals surface area contributed by atoms with Gasteiger partial charge in [-0.1, -0.05) is 25.0 Å². The van der Waals surface area contributed by atoms with E-state index >= 15 is 0 Å². The summed E-state index contributed by atoms with van der Waals surface area (Å²) in [4.78, 5) is 8.86. The number of aromatic nitrogens is 2. The molecule has 4 N–H and O–H groups in total. The molecule has 5 nitrogen and oxygen atoms in total. The van der Waals surface area contributed by atoms with E-state index in [-0.39, 0.29) is 0 Å². The molecule has 1 aliphatic rings. The van der Waals surface area contributed by atoms with Gasteiger partial charge in [-0.15, -0.1) is 0 Å². The van der Waals surface area contributed by atoms with Crippen molar-refractivity contribution >= 4 is 34.4 Å². The molecular formula is C15H21N5S. The van der Waals surface area contributed by atoms with Crippen LogP contribution in [0, 0.1) is 0 Å². The molecule has 0 amide bonds. The zero-order valence-corrected chi connectivity index (χ0v) is 13.0. The summed E-state index contributed by atoms with van der Waals surface area (Å²) in [5.41, 5.74) is 3.44. The highest BCUT2D eigenvalue weighted by molar-refractivity contribution is 8.00. The average molecular weight is 303 g/mol. The van der Waals surface area contributed by atoms with Crippen LogP contribution in [-0.2, 0) is 0 Å². The number of nitrogens with zero attached hydrogens (tertiary/aromatic N) is 2. The van der Waals surface area contributed by atoms with Gasteiger partial charge in [0.15, 0.2) is 0 Å². The number of rotatable bonds is 5. The van der Waals surface area contributed by atoms with Crippen molar-refractivity contribution < 1.29 is 0 Å². The summed E-state index contributed by atoms with van der Waals surface area (Å²) in [6, 6.07) is 7.99. The minimum atomic E-state index is 0.336. The number of nitrogens with two attached hydrogens (primary N) is 1. The van der Waals surface area contributed by atoms with Gasteiger partial charge in [-0.2, -0.15) is 16.7 Å². The largest absolute Gasteiger partial charge is 0.368 e. The fraction of sp³-hybridized carbons (Fsp3) is 0.467. The lowest BCUT2D eigenvalue weighted by Crippen LogP contribution is -2.30. The maximum absolute atomic E-state index is 5.47. The fourth-order valence-corrected chi connectivity index (χ4v) is 3.91. The molecule has 21 heavy (non-hydrogen) atoms. The molecule has 0 aliphatic heterocycles. The number of nitrogen functional groups attached to an aromatic ring is 1. The van der Waals surface area contributed by atoms with E-state index in [0.717, 1.165) is 23.3 Å². The van der Waals surface area contributed by atoms with Crippen LogP contribution in [-0.4, -0.2) is 27.5 Å². The first-order chi connectivity index (χ1) is 10.3. The van der Waals surface area contributed by atoms with Gasteiger partial charge >= 0.3 is 0 Å². The summed E-state index contributed by atoms with van der Waals surface area (Å²) < 4.78 is 0.336. The fourth-order valence-electron chi connectivity index (χ4n) is 2.99. The Bertz CT molecular complexity index is 624. The second kappa shape index (κ2) is 6.07. The lowest BCUT2D eigenvalue weighted by molar-refractivity contribution is 0.639. The van der Waals surface area contributed by atoms with Gasteiger partial charge < -0.3 is 5.32 Å². The summed E-state index contributed by atoms with van der Waals surface area (Å²) in [6.45, 7) is 0.930. The first kappa shape index (κ1) is 14.4. The Hall–Kier alpha value is -1.53. The standard InChI is InChI=1S/C15H21N5S/c1-21-15(8-4-5-9-15)10-17-13-11-6-2-3-7-12(11)18-14(19-13)20-16/h2-3,6-7H,4-5,8-10,16H2,1H3,(H2,17,18,19,20). The molecule has 0 atom stereocenters. The third-order valence-corrected chi connectivity index (χ3v) is 5.68. The van der Waals surface area contributed by atoms with Gasteiger partial charge in [0.05, 0.1) is 5.52 Å². The minimum absolute atomic E-state index is 0.336. The number of anilines is 2. The molecular weight excluding hydrogens is 282 g/mol. The quantitative estimate of drug-likeness (QED) is 0.582. The number of para-hydroxylation sites is 1. The molecule has 1 fully saturated rings. The molecule has 6 heteroatoms. The highest BCUT2D eigenvalue weighted by Crippen LogP contribution is 2.40. The predicted octanol–water partition coefficient (Wildman–Crippen LogP) is 3.00. The van der Waals surface area contributed by atoms with E-state index in [0.29, 0.717) is 10.7 Å². The lowest BCUT2D eigenvalue weighted by Gasteiger charge is -2.27. The van der Waals surface area contributed by atoms with Gasteiger partial charge in [0.2, 0.25) is 5.95 Å². The maximum atomic E-state index is 5.47. The third-order valence-electron chi connectivity index (χ3n) is 4.26. The summed E-state index contributed by atoms with van der Waals surface area (Å²) in [5.74, 6) is 6.77. The van der Waals surface area contributed by atoms with E-state index in [1.54, 1.807) is 0 Å². The van der Waals surface area contributed by atoms with Crippen molar-refractivity contribution in [2.75, 3.05) is 23.5 Å². The van der Waals surface area contributed by atoms with E-state index in [1.807, 2.05) is 36.0 Å². The number of hydrogen-bond donors (Lipinski definition) is 3. The van der Waals surface area contributed by atoms with Crippen molar-refractivity contribution in [3.8, 4) is 0 Å². The first-order valence-corrected chi connectivity index (χ1v) is 8.51. The van der Waals surface area contributed by atoms with Crippen LogP contribution in [0.15, 0.2) is 24.3 Å². The first-order valence-electron chi connectivity index (χ1n) is 7.29. The summed E-state index contributed by atoms with van der Waals surface area (Å²) in [7, 11) is 0. The van der Waals surface area contributed by atoms with E-state index < -0.39 is 0 Å². The molecule has 1 aromatic heterocycles. The molecule has 0 bridgehead atoms. The van der Waals surface area contributed by atoms with Crippen LogP contribution in [0.1, 0.15) is 25.7 Å². The lowest BCUT2D eigenvalue weighted by atomic mass is 10.1. The van der Waals surface area contributed by atoms with Crippen molar-refractivity contribution in [2.24, 2.45) is 5.84 Å². The zero-order valence-electron chi connectivity index (χ0n) is 12.2. The number of hydrazine groups is 1. The molecule has 2 aromatic rings. The maximum Gasteiger partial charge on any atom is 0.239 e. The van der Waals surface area contributed by atoms with Crippen molar-refractivity contribution in [3.63, 3.8) is 0 Å². The molecule has 1 heterocycles. The van der Waals surface area contributed by atoms with E-state index in [9.17, 15) is 0 Å².